The molecule has 0 spiro atoms. The standard InChI is InChI=1S/C22H27N3O4.ClH/c1-5-25-19-9-7-15(6-8-16(13-29-4)22(27)28)11-18(19)23-20(25)17-10-14(2)21(26)24(3)12-17;/h7,9-12,16H,5-6,8,13H2,1-4H3,(H,27,28);1H/t16-;/m0./s1. The molecule has 0 unspecified atom stereocenters. The normalized spacial score (nSPS) is 12.0. The van der Waals surface area contributed by atoms with Crippen molar-refractivity contribution < 1.29 is 14.6 Å². The number of aliphatic carboxylic acids is 1. The molecule has 2 heterocycles. The zero-order chi connectivity index (χ0) is 21.1. The lowest BCUT2D eigenvalue weighted by Crippen LogP contribution is -2.19. The van der Waals surface area contributed by atoms with Crippen molar-refractivity contribution in [3.63, 3.8) is 0 Å². The number of hydrogen-bond acceptors (Lipinski definition) is 4. The fourth-order valence-electron chi connectivity index (χ4n) is 3.69. The molecule has 0 saturated heterocycles. The molecule has 0 amide bonds. The van der Waals surface area contributed by atoms with Crippen LogP contribution in [0.15, 0.2) is 35.3 Å². The van der Waals surface area contributed by atoms with Gasteiger partial charge in [-0.3, -0.25) is 9.59 Å². The number of pyridine rings is 1. The number of carboxylic acids is 1. The Bertz CT molecular complexity index is 1080. The van der Waals surface area contributed by atoms with Crippen molar-refractivity contribution in [2.45, 2.75) is 33.2 Å². The minimum atomic E-state index is -0.837. The smallest absolute Gasteiger partial charge is 0.308 e. The molecule has 1 atom stereocenters. The van der Waals surface area contributed by atoms with Crippen molar-refractivity contribution in [1.29, 1.82) is 0 Å². The van der Waals surface area contributed by atoms with E-state index in [1.807, 2.05) is 37.4 Å². The molecule has 30 heavy (non-hydrogen) atoms. The summed E-state index contributed by atoms with van der Waals surface area (Å²) in [7, 11) is 3.26. The number of carbonyl (C=O) groups is 1. The predicted octanol–water partition coefficient (Wildman–Crippen LogP) is 3.43. The Labute approximate surface area is 181 Å². The zero-order valence-corrected chi connectivity index (χ0v) is 18.5. The average Bonchev–Trinajstić information content (AvgIpc) is 3.06. The van der Waals surface area contributed by atoms with E-state index < -0.39 is 11.9 Å². The molecule has 0 aliphatic rings. The number of aryl methyl sites for hydroxylation is 4. The summed E-state index contributed by atoms with van der Waals surface area (Å²) in [6, 6.07) is 7.95. The zero-order valence-electron chi connectivity index (χ0n) is 17.7. The van der Waals surface area contributed by atoms with Crippen molar-refractivity contribution in [3.8, 4) is 11.4 Å². The molecule has 3 rings (SSSR count). The quantitative estimate of drug-likeness (QED) is 0.588. The number of hydrogen-bond donors (Lipinski definition) is 1. The molecular weight excluding hydrogens is 406 g/mol. The predicted molar refractivity (Wildman–Crippen MR) is 119 cm³/mol. The Kier molecular flexibility index (Phi) is 7.81. The van der Waals surface area contributed by atoms with E-state index in [1.165, 1.54) is 7.11 Å². The van der Waals surface area contributed by atoms with Crippen molar-refractivity contribution in [1.82, 2.24) is 14.1 Å². The second-order valence-electron chi connectivity index (χ2n) is 7.36. The number of ether oxygens (including phenoxy) is 1. The van der Waals surface area contributed by atoms with Gasteiger partial charge < -0.3 is 19.0 Å². The van der Waals surface area contributed by atoms with Crippen LogP contribution >= 0.6 is 12.4 Å². The van der Waals surface area contributed by atoms with Crippen LogP contribution in [0.1, 0.15) is 24.5 Å². The van der Waals surface area contributed by atoms with Crippen LogP contribution in [0, 0.1) is 12.8 Å². The van der Waals surface area contributed by atoms with Crippen molar-refractivity contribution in [3.05, 3.63) is 51.9 Å². The summed E-state index contributed by atoms with van der Waals surface area (Å²) in [4.78, 5) is 28.2. The van der Waals surface area contributed by atoms with Gasteiger partial charge in [0, 0.05) is 38.0 Å². The lowest BCUT2D eigenvalue weighted by molar-refractivity contribution is -0.143. The van der Waals surface area contributed by atoms with Gasteiger partial charge in [-0.2, -0.15) is 0 Å². The fraction of sp³-hybridized carbons (Fsp3) is 0.409. The number of nitrogens with zero attached hydrogens (tertiary/aromatic N) is 3. The van der Waals surface area contributed by atoms with Crippen LogP contribution in [0.2, 0.25) is 0 Å². The molecule has 0 saturated carbocycles. The summed E-state index contributed by atoms with van der Waals surface area (Å²) < 4.78 is 8.72. The molecule has 0 fully saturated rings. The third-order valence-electron chi connectivity index (χ3n) is 5.25. The van der Waals surface area contributed by atoms with E-state index in [-0.39, 0.29) is 24.6 Å². The van der Waals surface area contributed by atoms with Gasteiger partial charge in [-0.05, 0) is 50.5 Å². The summed E-state index contributed by atoms with van der Waals surface area (Å²) in [5.74, 6) is -0.537. The van der Waals surface area contributed by atoms with Gasteiger partial charge in [-0.1, -0.05) is 6.07 Å². The van der Waals surface area contributed by atoms with Gasteiger partial charge in [-0.15, -0.1) is 12.4 Å². The number of aromatic nitrogens is 3. The Balaban J connectivity index is 0.00000320. The summed E-state index contributed by atoms with van der Waals surface area (Å²) in [6.45, 7) is 4.83. The van der Waals surface area contributed by atoms with E-state index in [4.69, 9.17) is 9.72 Å². The minimum absolute atomic E-state index is 0. The maximum Gasteiger partial charge on any atom is 0.308 e. The highest BCUT2D eigenvalue weighted by Gasteiger charge is 2.18. The third kappa shape index (κ3) is 4.74. The Morgan fingerprint density at radius 1 is 1.30 bits per heavy atom. The second-order valence-corrected chi connectivity index (χ2v) is 7.36. The molecule has 3 aromatic rings. The average molecular weight is 434 g/mol. The molecule has 162 valence electrons. The van der Waals surface area contributed by atoms with Crippen LogP contribution < -0.4 is 5.56 Å². The molecule has 0 aliphatic heterocycles. The summed E-state index contributed by atoms with van der Waals surface area (Å²) in [5, 5.41) is 9.30. The van der Waals surface area contributed by atoms with Crippen molar-refractivity contribution in [2.24, 2.45) is 13.0 Å². The topological polar surface area (TPSA) is 86.4 Å². The van der Waals surface area contributed by atoms with E-state index in [2.05, 4.69) is 11.5 Å². The number of halogens is 1. The highest BCUT2D eigenvalue weighted by molar-refractivity contribution is 5.85. The molecule has 1 aromatic carbocycles. The molecule has 0 bridgehead atoms. The Morgan fingerprint density at radius 2 is 2.03 bits per heavy atom. The van der Waals surface area contributed by atoms with E-state index in [0.29, 0.717) is 18.4 Å². The molecule has 2 aromatic heterocycles. The number of fused-ring (bicyclic) bond motifs is 1. The van der Waals surface area contributed by atoms with Crippen LogP contribution in [0.25, 0.3) is 22.4 Å². The maximum absolute atomic E-state index is 12.0. The Hall–Kier alpha value is -2.64. The van der Waals surface area contributed by atoms with Crippen molar-refractivity contribution >= 4 is 29.4 Å². The van der Waals surface area contributed by atoms with Gasteiger partial charge in [-0.25, -0.2) is 4.98 Å². The first-order valence-corrected chi connectivity index (χ1v) is 9.74. The van der Waals surface area contributed by atoms with Gasteiger partial charge in [0.05, 0.1) is 23.6 Å². The third-order valence-corrected chi connectivity index (χ3v) is 5.25. The van der Waals surface area contributed by atoms with Gasteiger partial charge in [0.1, 0.15) is 5.82 Å². The maximum atomic E-state index is 12.0. The van der Waals surface area contributed by atoms with Gasteiger partial charge in [0.15, 0.2) is 0 Å². The molecule has 0 aliphatic carbocycles. The van der Waals surface area contributed by atoms with Gasteiger partial charge in [0.2, 0.25) is 0 Å². The van der Waals surface area contributed by atoms with Crippen molar-refractivity contribution in [2.75, 3.05) is 13.7 Å². The largest absolute Gasteiger partial charge is 0.481 e. The van der Waals surface area contributed by atoms with E-state index >= 15 is 0 Å². The summed E-state index contributed by atoms with van der Waals surface area (Å²) in [5.41, 5.74) is 4.49. The SMILES string of the molecule is CCn1c(-c2cc(C)c(=O)n(C)c2)nc2cc(CC[C@@H](COC)C(=O)O)ccc21.Cl. The van der Waals surface area contributed by atoms with Crippen LogP contribution in [-0.2, 0) is 29.5 Å². The Morgan fingerprint density at radius 3 is 2.63 bits per heavy atom. The molecule has 1 N–H and O–H groups in total. The lowest BCUT2D eigenvalue weighted by atomic mass is 10.00. The monoisotopic (exact) mass is 433 g/mol. The number of imidazole rings is 1. The minimum Gasteiger partial charge on any atom is -0.481 e. The molecular formula is C22H28ClN3O4. The van der Waals surface area contributed by atoms with Crippen LogP contribution in [0.3, 0.4) is 0 Å². The van der Waals surface area contributed by atoms with Crippen LogP contribution in [-0.4, -0.2) is 38.9 Å². The number of carboxylic acid groups (broad SMARTS) is 1. The lowest BCUT2D eigenvalue weighted by Gasteiger charge is -2.11. The number of methoxy groups -OCH3 is 1. The van der Waals surface area contributed by atoms with E-state index in [1.54, 1.807) is 11.6 Å². The van der Waals surface area contributed by atoms with E-state index in [9.17, 15) is 14.7 Å². The number of benzene rings is 1. The fourth-order valence-corrected chi connectivity index (χ4v) is 3.69. The van der Waals surface area contributed by atoms with Gasteiger partial charge >= 0.3 is 5.97 Å². The van der Waals surface area contributed by atoms with Crippen LogP contribution in [0.5, 0.6) is 0 Å². The van der Waals surface area contributed by atoms with E-state index in [0.717, 1.165) is 34.5 Å². The van der Waals surface area contributed by atoms with Gasteiger partial charge in [0.25, 0.3) is 5.56 Å². The molecule has 7 nitrogen and oxygen atoms in total. The second kappa shape index (κ2) is 9.91. The first-order chi connectivity index (χ1) is 13.8. The molecule has 8 heteroatoms. The van der Waals surface area contributed by atoms with Crippen LogP contribution in [0.4, 0.5) is 0 Å². The summed E-state index contributed by atoms with van der Waals surface area (Å²) in [6.07, 6.45) is 2.96. The first-order valence-electron chi connectivity index (χ1n) is 9.74. The highest BCUT2D eigenvalue weighted by atomic mass is 35.5. The first kappa shape index (κ1) is 23.6. The number of rotatable bonds is 8. The summed E-state index contributed by atoms with van der Waals surface area (Å²) >= 11 is 0. The highest BCUT2D eigenvalue weighted by Crippen LogP contribution is 2.26. The molecule has 0 radical (unpaired) electrons.